The normalized spacial score (nSPS) is 15.6. The Morgan fingerprint density at radius 2 is 2.00 bits per heavy atom. The number of thioether (sulfide) groups is 1. The van der Waals surface area contributed by atoms with Crippen LogP contribution in [-0.2, 0) is 24.2 Å². The molecule has 4 rings (SSSR count). The minimum atomic E-state index is -0.383. The number of nitrogens with zero attached hydrogens (tertiary/aromatic N) is 4. The second-order valence-corrected chi connectivity index (χ2v) is 13.8. The molecule has 0 fully saturated rings. The number of carbonyl (C=O) groups is 2. The first-order valence-corrected chi connectivity index (χ1v) is 15.7. The zero-order chi connectivity index (χ0) is 29.7. The molecule has 8 nitrogen and oxygen atoms in total. The van der Waals surface area contributed by atoms with E-state index in [-0.39, 0.29) is 34.9 Å². The van der Waals surface area contributed by atoms with Crippen molar-refractivity contribution in [2.75, 3.05) is 11.1 Å². The highest BCUT2D eigenvalue weighted by Gasteiger charge is 2.32. The van der Waals surface area contributed by atoms with Crippen LogP contribution >= 0.6 is 23.1 Å². The van der Waals surface area contributed by atoms with Crippen LogP contribution in [0.4, 0.5) is 5.00 Å². The fourth-order valence-corrected chi connectivity index (χ4v) is 7.15. The predicted octanol–water partition coefficient (Wildman–Crippen LogP) is 6.41. The van der Waals surface area contributed by atoms with Crippen LogP contribution in [0.3, 0.4) is 0 Å². The monoisotopic (exact) mass is 590 g/mol. The van der Waals surface area contributed by atoms with Crippen molar-refractivity contribution in [3.8, 4) is 6.07 Å². The van der Waals surface area contributed by atoms with Crippen LogP contribution in [0.2, 0.25) is 0 Å². The lowest BCUT2D eigenvalue weighted by atomic mass is 9.72. The largest absolute Gasteiger partial charge is 0.342 e. The van der Waals surface area contributed by atoms with Crippen LogP contribution < -0.4 is 10.6 Å². The second kappa shape index (κ2) is 13.0. The van der Waals surface area contributed by atoms with E-state index in [1.807, 2.05) is 36.6 Å². The van der Waals surface area contributed by atoms with Crippen molar-refractivity contribution >= 4 is 39.9 Å². The standard InChI is InChI=1S/C31H38N6O2S2/c1-7-15-37-27(26(19(2)3)34-28(39)20-11-9-8-10-12-20)35-36-30(37)40-18-25(38)33-29-23(17-32)22-14-13-21(31(4,5)6)16-24(22)41-29/h7-12,19,21,26H,1,13-16,18H2,2-6H3,(H,33,38)(H,34,39)/t21-,26+/m1/s1. The molecule has 0 aliphatic heterocycles. The summed E-state index contributed by atoms with van der Waals surface area (Å²) >= 11 is 2.80. The minimum absolute atomic E-state index is 0.0451. The number of aromatic nitrogens is 3. The van der Waals surface area contributed by atoms with Crippen molar-refractivity contribution in [1.29, 1.82) is 5.26 Å². The van der Waals surface area contributed by atoms with E-state index in [9.17, 15) is 14.9 Å². The molecule has 0 radical (unpaired) electrons. The Bertz CT molecular complexity index is 1450. The number of amides is 2. The van der Waals surface area contributed by atoms with E-state index in [1.54, 1.807) is 18.2 Å². The van der Waals surface area contributed by atoms with Gasteiger partial charge in [-0.3, -0.25) is 9.59 Å². The molecule has 41 heavy (non-hydrogen) atoms. The number of hydrogen-bond acceptors (Lipinski definition) is 7. The first-order valence-electron chi connectivity index (χ1n) is 13.9. The van der Waals surface area contributed by atoms with Gasteiger partial charge in [-0.05, 0) is 54.2 Å². The van der Waals surface area contributed by atoms with Crippen LogP contribution in [0.1, 0.15) is 79.3 Å². The maximum absolute atomic E-state index is 13.0. The van der Waals surface area contributed by atoms with Gasteiger partial charge in [0.25, 0.3) is 5.91 Å². The Hall–Kier alpha value is -3.42. The van der Waals surface area contributed by atoms with Gasteiger partial charge in [0.15, 0.2) is 11.0 Å². The van der Waals surface area contributed by atoms with Crippen molar-refractivity contribution in [3.05, 3.63) is 70.4 Å². The van der Waals surface area contributed by atoms with E-state index in [2.05, 4.69) is 54.3 Å². The number of rotatable bonds is 10. The Balaban J connectivity index is 1.47. The molecule has 0 saturated heterocycles. The highest BCUT2D eigenvalue weighted by Crippen LogP contribution is 2.44. The molecule has 1 aliphatic rings. The molecular formula is C31H38N6O2S2. The lowest BCUT2D eigenvalue weighted by Crippen LogP contribution is -2.33. The molecule has 2 atom stereocenters. The summed E-state index contributed by atoms with van der Waals surface area (Å²) in [5.41, 5.74) is 2.46. The maximum atomic E-state index is 13.0. The molecule has 0 bridgehead atoms. The number of thiophene rings is 1. The molecule has 0 spiro atoms. The summed E-state index contributed by atoms with van der Waals surface area (Å²) in [6, 6.07) is 11.0. The van der Waals surface area contributed by atoms with Gasteiger partial charge in [-0.25, -0.2) is 0 Å². The number of nitrogens with one attached hydrogen (secondary N) is 2. The predicted molar refractivity (Wildman–Crippen MR) is 165 cm³/mol. The van der Waals surface area contributed by atoms with Crippen LogP contribution in [0.25, 0.3) is 0 Å². The summed E-state index contributed by atoms with van der Waals surface area (Å²) in [7, 11) is 0. The zero-order valence-corrected chi connectivity index (χ0v) is 26.0. The van der Waals surface area contributed by atoms with Crippen molar-refractivity contribution in [3.63, 3.8) is 0 Å². The fraction of sp³-hybridized carbons (Fsp3) is 0.452. The smallest absolute Gasteiger partial charge is 0.251 e. The summed E-state index contributed by atoms with van der Waals surface area (Å²) in [6.45, 7) is 15.1. The van der Waals surface area contributed by atoms with E-state index >= 15 is 0 Å². The van der Waals surface area contributed by atoms with E-state index in [4.69, 9.17) is 0 Å². The number of nitriles is 1. The summed E-state index contributed by atoms with van der Waals surface area (Å²) < 4.78 is 1.89. The molecular weight excluding hydrogens is 553 g/mol. The quantitative estimate of drug-likeness (QED) is 0.209. The molecule has 1 aliphatic carbocycles. The lowest BCUT2D eigenvalue weighted by molar-refractivity contribution is -0.113. The average molecular weight is 591 g/mol. The molecule has 216 valence electrons. The van der Waals surface area contributed by atoms with Crippen LogP contribution in [-0.4, -0.2) is 32.3 Å². The van der Waals surface area contributed by atoms with Gasteiger partial charge in [0.05, 0.1) is 17.4 Å². The Kier molecular flexibility index (Phi) is 9.72. The van der Waals surface area contributed by atoms with E-state index in [1.165, 1.54) is 28.0 Å². The zero-order valence-electron chi connectivity index (χ0n) is 24.4. The number of allylic oxidation sites excluding steroid dienone is 1. The van der Waals surface area contributed by atoms with Crippen molar-refractivity contribution < 1.29 is 9.59 Å². The third-order valence-corrected chi connectivity index (χ3v) is 9.65. The van der Waals surface area contributed by atoms with Crippen LogP contribution in [0.5, 0.6) is 0 Å². The van der Waals surface area contributed by atoms with Gasteiger partial charge in [0, 0.05) is 17.0 Å². The van der Waals surface area contributed by atoms with Gasteiger partial charge in [-0.15, -0.1) is 28.1 Å². The topological polar surface area (TPSA) is 113 Å². The third kappa shape index (κ3) is 7.08. The first-order chi connectivity index (χ1) is 19.5. The summed E-state index contributed by atoms with van der Waals surface area (Å²) in [4.78, 5) is 27.2. The van der Waals surface area contributed by atoms with E-state index in [0.29, 0.717) is 39.6 Å². The summed E-state index contributed by atoms with van der Waals surface area (Å²) in [5, 5.41) is 25.9. The Labute approximate surface area is 250 Å². The molecule has 1 aromatic carbocycles. The molecule has 2 aromatic heterocycles. The van der Waals surface area contributed by atoms with Gasteiger partial charge >= 0.3 is 0 Å². The number of carbonyl (C=O) groups excluding carboxylic acids is 2. The molecule has 2 amide bonds. The summed E-state index contributed by atoms with van der Waals surface area (Å²) in [5.74, 6) is 0.922. The molecule has 3 aromatic rings. The Morgan fingerprint density at radius 1 is 1.27 bits per heavy atom. The Morgan fingerprint density at radius 3 is 2.63 bits per heavy atom. The second-order valence-electron chi connectivity index (χ2n) is 11.8. The molecule has 0 saturated carbocycles. The lowest BCUT2D eigenvalue weighted by Gasteiger charge is -2.33. The number of fused-ring (bicyclic) bond motifs is 1. The van der Waals surface area contributed by atoms with E-state index in [0.717, 1.165) is 24.8 Å². The summed E-state index contributed by atoms with van der Waals surface area (Å²) in [6.07, 6.45) is 4.60. The minimum Gasteiger partial charge on any atom is -0.342 e. The molecule has 2 N–H and O–H groups in total. The highest BCUT2D eigenvalue weighted by atomic mass is 32.2. The van der Waals surface area contributed by atoms with Crippen LogP contribution in [0, 0.1) is 28.6 Å². The molecule has 2 heterocycles. The number of hydrogen-bond donors (Lipinski definition) is 2. The fourth-order valence-electron chi connectivity index (χ4n) is 5.11. The van der Waals surface area contributed by atoms with Crippen LogP contribution in [0.15, 0.2) is 48.1 Å². The van der Waals surface area contributed by atoms with Gasteiger partial charge in [-0.1, -0.05) is 70.7 Å². The van der Waals surface area contributed by atoms with Crippen molar-refractivity contribution in [2.45, 2.75) is 71.6 Å². The molecule has 0 unspecified atom stereocenters. The van der Waals surface area contributed by atoms with Crippen molar-refractivity contribution in [1.82, 2.24) is 20.1 Å². The van der Waals surface area contributed by atoms with Gasteiger partial charge < -0.3 is 15.2 Å². The highest BCUT2D eigenvalue weighted by molar-refractivity contribution is 7.99. The average Bonchev–Trinajstić information content (AvgIpc) is 3.49. The van der Waals surface area contributed by atoms with E-state index < -0.39 is 0 Å². The maximum Gasteiger partial charge on any atom is 0.251 e. The molecule has 10 heteroatoms. The first kappa shape index (κ1) is 30.5. The third-order valence-electron chi connectivity index (χ3n) is 7.51. The van der Waals surface area contributed by atoms with Crippen molar-refractivity contribution in [2.24, 2.45) is 17.3 Å². The number of benzene rings is 1. The van der Waals surface area contributed by atoms with Gasteiger partial charge in [0.2, 0.25) is 5.91 Å². The number of anilines is 1. The van der Waals surface area contributed by atoms with Gasteiger partial charge in [-0.2, -0.15) is 5.26 Å². The van der Waals surface area contributed by atoms with Gasteiger partial charge in [0.1, 0.15) is 11.1 Å². The SMILES string of the molecule is C=CCn1c(SCC(=O)Nc2sc3c(c2C#N)CC[C@@H](C(C)(C)C)C3)nnc1[C@@H](NC(=O)c1ccccc1)C(C)C.